The average molecular weight is 284 g/mol. The van der Waals surface area contributed by atoms with E-state index in [0.29, 0.717) is 0 Å². The average Bonchev–Trinajstić information content (AvgIpc) is 2.52. The molecule has 0 amide bonds. The Morgan fingerprint density at radius 2 is 1.76 bits per heavy atom. The van der Waals surface area contributed by atoms with E-state index in [1.807, 2.05) is 31.2 Å². The maximum absolute atomic E-state index is 6.07. The van der Waals surface area contributed by atoms with Crippen molar-refractivity contribution < 1.29 is 4.74 Å². The molecule has 0 bridgehead atoms. The smallest absolute Gasteiger partial charge is 0.139 e. The minimum atomic E-state index is -0.158. The van der Waals surface area contributed by atoms with Crippen molar-refractivity contribution in [2.75, 3.05) is 0 Å². The second-order valence-electron chi connectivity index (χ2n) is 5.43. The number of nitrogens with zero attached hydrogens (tertiary/aromatic N) is 1. The first-order valence-corrected chi connectivity index (χ1v) is 7.61. The molecule has 0 radical (unpaired) electrons. The normalized spacial score (nSPS) is 13.7. The van der Waals surface area contributed by atoms with E-state index in [0.717, 1.165) is 17.7 Å². The number of hydrogen-bond donors (Lipinski definition) is 1. The zero-order valence-corrected chi connectivity index (χ0v) is 12.8. The van der Waals surface area contributed by atoms with Gasteiger partial charge in [-0.2, -0.15) is 0 Å². The highest BCUT2D eigenvalue weighted by Crippen LogP contribution is 2.24. The summed E-state index contributed by atoms with van der Waals surface area (Å²) in [5.74, 6) is 0.856. The summed E-state index contributed by atoms with van der Waals surface area (Å²) in [6.07, 6.45) is 6.93. The fourth-order valence-electron chi connectivity index (χ4n) is 2.29. The molecule has 2 aromatic rings. The van der Waals surface area contributed by atoms with Crippen LogP contribution in [0.15, 0.2) is 48.8 Å². The van der Waals surface area contributed by atoms with E-state index in [-0.39, 0.29) is 12.1 Å². The molecule has 2 rings (SSSR count). The summed E-state index contributed by atoms with van der Waals surface area (Å²) < 4.78 is 6.07. The summed E-state index contributed by atoms with van der Waals surface area (Å²) >= 11 is 0. The lowest BCUT2D eigenvalue weighted by atomic mass is 10.1. The largest absolute Gasteiger partial charge is 0.484 e. The van der Waals surface area contributed by atoms with Gasteiger partial charge in [-0.15, -0.1) is 0 Å². The van der Waals surface area contributed by atoms with Gasteiger partial charge < -0.3 is 10.5 Å². The molecule has 112 valence electrons. The first-order valence-electron chi connectivity index (χ1n) is 7.61. The number of aryl methyl sites for hydroxylation is 1. The van der Waals surface area contributed by atoms with Gasteiger partial charge in [0.1, 0.15) is 11.9 Å². The molecule has 0 saturated heterocycles. The van der Waals surface area contributed by atoms with Crippen LogP contribution in [-0.4, -0.2) is 11.0 Å². The van der Waals surface area contributed by atoms with Gasteiger partial charge in [-0.25, -0.2) is 0 Å². The van der Waals surface area contributed by atoms with Crippen LogP contribution < -0.4 is 10.5 Å². The third-order valence-corrected chi connectivity index (χ3v) is 3.52. The van der Waals surface area contributed by atoms with Crippen molar-refractivity contribution in [1.82, 2.24) is 4.98 Å². The molecule has 0 saturated carbocycles. The zero-order valence-electron chi connectivity index (χ0n) is 12.8. The molecule has 0 spiro atoms. The molecular formula is C18H24N2O. The Morgan fingerprint density at radius 3 is 2.33 bits per heavy atom. The molecule has 3 heteroatoms. The molecule has 2 atom stereocenters. The molecule has 0 aliphatic carbocycles. The van der Waals surface area contributed by atoms with Crippen molar-refractivity contribution in [3.63, 3.8) is 0 Å². The predicted molar refractivity (Wildman–Crippen MR) is 86.3 cm³/mol. The van der Waals surface area contributed by atoms with Crippen molar-refractivity contribution in [1.29, 1.82) is 0 Å². The van der Waals surface area contributed by atoms with Crippen LogP contribution >= 0.6 is 0 Å². The van der Waals surface area contributed by atoms with Crippen LogP contribution in [0.1, 0.15) is 43.9 Å². The first-order chi connectivity index (χ1) is 10.2. The Bertz CT molecular complexity index is 523. The lowest BCUT2D eigenvalue weighted by Gasteiger charge is -2.23. The van der Waals surface area contributed by atoms with Gasteiger partial charge in [-0.05, 0) is 55.2 Å². The van der Waals surface area contributed by atoms with Crippen LogP contribution in [0.2, 0.25) is 0 Å². The van der Waals surface area contributed by atoms with Crippen LogP contribution in [0.5, 0.6) is 5.75 Å². The van der Waals surface area contributed by atoms with Crippen molar-refractivity contribution in [2.45, 2.75) is 45.3 Å². The van der Waals surface area contributed by atoms with Crippen LogP contribution in [0.4, 0.5) is 0 Å². The number of hydrogen-bond acceptors (Lipinski definition) is 3. The SMILES string of the molecule is CCCCc1ccc(OC(c2ccncc2)C(C)N)cc1. The molecule has 0 fully saturated rings. The van der Waals surface area contributed by atoms with E-state index in [9.17, 15) is 0 Å². The molecule has 0 aliphatic heterocycles. The summed E-state index contributed by atoms with van der Waals surface area (Å²) in [7, 11) is 0. The van der Waals surface area contributed by atoms with Gasteiger partial charge in [0.25, 0.3) is 0 Å². The summed E-state index contributed by atoms with van der Waals surface area (Å²) in [5, 5.41) is 0. The number of pyridine rings is 1. The van der Waals surface area contributed by atoms with Gasteiger partial charge in [0.05, 0.1) is 0 Å². The van der Waals surface area contributed by atoms with Crippen LogP contribution in [0, 0.1) is 0 Å². The van der Waals surface area contributed by atoms with Gasteiger partial charge in [0.15, 0.2) is 0 Å². The van der Waals surface area contributed by atoms with Crippen LogP contribution in [0.3, 0.4) is 0 Å². The summed E-state index contributed by atoms with van der Waals surface area (Å²) in [6, 6.07) is 12.1. The quantitative estimate of drug-likeness (QED) is 0.839. The van der Waals surface area contributed by atoms with E-state index < -0.39 is 0 Å². The van der Waals surface area contributed by atoms with E-state index in [2.05, 4.69) is 24.0 Å². The minimum absolute atomic E-state index is 0.0906. The molecular weight excluding hydrogens is 260 g/mol. The number of unbranched alkanes of at least 4 members (excludes halogenated alkanes) is 1. The highest BCUT2D eigenvalue weighted by molar-refractivity contribution is 5.29. The van der Waals surface area contributed by atoms with Gasteiger partial charge in [0.2, 0.25) is 0 Å². The van der Waals surface area contributed by atoms with Gasteiger partial charge in [-0.3, -0.25) is 4.98 Å². The summed E-state index contributed by atoms with van der Waals surface area (Å²) in [5.41, 5.74) is 8.47. The minimum Gasteiger partial charge on any atom is -0.484 e. The fourth-order valence-corrected chi connectivity index (χ4v) is 2.29. The predicted octanol–water partition coefficient (Wildman–Crippen LogP) is 3.89. The monoisotopic (exact) mass is 284 g/mol. The van der Waals surface area contributed by atoms with Gasteiger partial charge in [0, 0.05) is 18.4 Å². The third-order valence-electron chi connectivity index (χ3n) is 3.52. The second-order valence-corrected chi connectivity index (χ2v) is 5.43. The Balaban J connectivity index is 2.07. The molecule has 2 N–H and O–H groups in total. The van der Waals surface area contributed by atoms with E-state index in [4.69, 9.17) is 10.5 Å². The van der Waals surface area contributed by atoms with Gasteiger partial charge >= 0.3 is 0 Å². The highest BCUT2D eigenvalue weighted by Gasteiger charge is 2.18. The van der Waals surface area contributed by atoms with Crippen molar-refractivity contribution >= 4 is 0 Å². The number of benzene rings is 1. The molecule has 3 nitrogen and oxygen atoms in total. The molecule has 1 aromatic heterocycles. The summed E-state index contributed by atoms with van der Waals surface area (Å²) in [4.78, 5) is 4.04. The second kappa shape index (κ2) is 7.79. The molecule has 1 aromatic carbocycles. The Morgan fingerprint density at radius 1 is 1.10 bits per heavy atom. The van der Waals surface area contributed by atoms with Crippen molar-refractivity contribution in [3.05, 3.63) is 59.9 Å². The Hall–Kier alpha value is -1.87. The number of aromatic nitrogens is 1. The fraction of sp³-hybridized carbons (Fsp3) is 0.389. The van der Waals surface area contributed by atoms with Crippen molar-refractivity contribution in [3.8, 4) is 5.75 Å². The Kier molecular flexibility index (Phi) is 5.76. The van der Waals surface area contributed by atoms with E-state index >= 15 is 0 Å². The van der Waals surface area contributed by atoms with Crippen LogP contribution in [0.25, 0.3) is 0 Å². The number of nitrogens with two attached hydrogens (primary N) is 1. The van der Waals surface area contributed by atoms with E-state index in [1.54, 1.807) is 12.4 Å². The van der Waals surface area contributed by atoms with Crippen LogP contribution in [-0.2, 0) is 6.42 Å². The Labute approximate surface area is 127 Å². The molecule has 1 heterocycles. The summed E-state index contributed by atoms with van der Waals surface area (Å²) in [6.45, 7) is 4.17. The maximum Gasteiger partial charge on any atom is 0.139 e. The maximum atomic E-state index is 6.07. The number of rotatable bonds is 7. The van der Waals surface area contributed by atoms with Crippen molar-refractivity contribution in [2.24, 2.45) is 5.73 Å². The highest BCUT2D eigenvalue weighted by atomic mass is 16.5. The lowest BCUT2D eigenvalue weighted by molar-refractivity contribution is 0.180. The molecule has 2 unspecified atom stereocenters. The van der Waals surface area contributed by atoms with E-state index in [1.165, 1.54) is 18.4 Å². The standard InChI is InChI=1S/C18H24N2O/c1-3-4-5-15-6-8-17(9-7-15)21-18(14(2)19)16-10-12-20-13-11-16/h6-14,18H,3-5,19H2,1-2H3. The third kappa shape index (κ3) is 4.57. The number of ether oxygens (including phenoxy) is 1. The molecule has 21 heavy (non-hydrogen) atoms. The topological polar surface area (TPSA) is 48.1 Å². The molecule has 0 aliphatic rings. The lowest BCUT2D eigenvalue weighted by Crippen LogP contribution is -2.29. The first kappa shape index (κ1) is 15.5. The zero-order chi connectivity index (χ0) is 15.1. The van der Waals surface area contributed by atoms with Gasteiger partial charge in [-0.1, -0.05) is 25.5 Å².